The van der Waals surface area contributed by atoms with Crippen LogP contribution in [0.3, 0.4) is 0 Å². The molecule has 0 spiro atoms. The van der Waals surface area contributed by atoms with E-state index in [0.29, 0.717) is 0 Å². The van der Waals surface area contributed by atoms with Crippen molar-refractivity contribution in [2.24, 2.45) is 0 Å². The standard InChI is InChI=1S/C22H18N2O2S/c1-15-6-8-16(9-7-15)20-14-22(17-10-12-18(13-11-17)24(25)26)27-21-5-3-2-4-19(21)23-20/h2-14,22-23H,1H3. The molecule has 0 bridgehead atoms. The van der Waals surface area contributed by atoms with Crippen molar-refractivity contribution in [3.63, 3.8) is 0 Å². The van der Waals surface area contributed by atoms with Gasteiger partial charge < -0.3 is 5.32 Å². The molecule has 4 nitrogen and oxygen atoms in total. The fraction of sp³-hybridized carbons (Fsp3) is 0.0909. The zero-order valence-electron chi connectivity index (χ0n) is 14.8. The lowest BCUT2D eigenvalue weighted by Crippen LogP contribution is -1.99. The topological polar surface area (TPSA) is 55.2 Å². The van der Waals surface area contributed by atoms with Crippen molar-refractivity contribution >= 4 is 28.8 Å². The van der Waals surface area contributed by atoms with Crippen molar-refractivity contribution in [1.82, 2.24) is 0 Å². The van der Waals surface area contributed by atoms with Gasteiger partial charge in [-0.1, -0.05) is 54.1 Å². The number of nitrogens with one attached hydrogen (secondary N) is 1. The highest BCUT2D eigenvalue weighted by molar-refractivity contribution is 7.99. The maximum Gasteiger partial charge on any atom is 0.269 e. The Balaban J connectivity index is 1.77. The molecule has 1 aliphatic heterocycles. The molecular weight excluding hydrogens is 356 g/mol. The fourth-order valence-corrected chi connectivity index (χ4v) is 4.21. The summed E-state index contributed by atoms with van der Waals surface area (Å²) in [6.45, 7) is 2.07. The normalized spacial score (nSPS) is 15.9. The number of rotatable bonds is 3. The molecule has 1 atom stereocenters. The smallest absolute Gasteiger partial charge is 0.269 e. The zero-order chi connectivity index (χ0) is 18.8. The Labute approximate surface area is 162 Å². The second-order valence-corrected chi connectivity index (χ2v) is 7.64. The van der Waals surface area contributed by atoms with E-state index in [-0.39, 0.29) is 15.9 Å². The summed E-state index contributed by atoms with van der Waals surface area (Å²) in [4.78, 5) is 11.7. The van der Waals surface area contributed by atoms with E-state index in [2.05, 4.69) is 54.7 Å². The molecule has 0 amide bonds. The van der Waals surface area contributed by atoms with Crippen molar-refractivity contribution in [2.45, 2.75) is 17.1 Å². The SMILES string of the molecule is Cc1ccc(C2=CC(c3ccc([N+](=O)[O-])cc3)Sc3ccccc3N2)cc1. The number of benzene rings is 3. The first-order chi connectivity index (χ1) is 13.1. The molecule has 5 heteroatoms. The number of fused-ring (bicyclic) bond motifs is 1. The van der Waals surface area contributed by atoms with Crippen LogP contribution in [0.2, 0.25) is 0 Å². The summed E-state index contributed by atoms with van der Waals surface area (Å²) in [6.07, 6.45) is 2.19. The van der Waals surface area contributed by atoms with Crippen LogP contribution < -0.4 is 5.32 Å². The molecule has 0 saturated carbocycles. The minimum Gasteiger partial charge on any atom is -0.354 e. The van der Waals surface area contributed by atoms with Crippen LogP contribution in [-0.2, 0) is 0 Å². The molecular formula is C22H18N2O2S. The molecule has 0 fully saturated rings. The minimum absolute atomic E-state index is 0.0539. The van der Waals surface area contributed by atoms with Gasteiger partial charge in [0.25, 0.3) is 5.69 Å². The van der Waals surface area contributed by atoms with Crippen LogP contribution in [0.4, 0.5) is 11.4 Å². The molecule has 4 rings (SSSR count). The summed E-state index contributed by atoms with van der Waals surface area (Å²) in [5.41, 5.74) is 5.58. The fourth-order valence-electron chi connectivity index (χ4n) is 3.03. The van der Waals surface area contributed by atoms with Gasteiger partial charge in [-0.25, -0.2) is 0 Å². The van der Waals surface area contributed by atoms with Gasteiger partial charge in [0.05, 0.1) is 15.9 Å². The number of non-ortho nitro benzene ring substituents is 1. The predicted molar refractivity (Wildman–Crippen MR) is 111 cm³/mol. The molecule has 0 saturated heterocycles. The van der Waals surface area contributed by atoms with Crippen LogP contribution in [0.15, 0.2) is 83.8 Å². The second kappa shape index (κ2) is 7.29. The minimum atomic E-state index is -0.367. The van der Waals surface area contributed by atoms with Gasteiger partial charge in [-0.15, -0.1) is 11.8 Å². The largest absolute Gasteiger partial charge is 0.354 e. The highest BCUT2D eigenvalue weighted by Gasteiger charge is 2.20. The van der Waals surface area contributed by atoms with Gasteiger partial charge >= 0.3 is 0 Å². The Morgan fingerprint density at radius 3 is 2.37 bits per heavy atom. The van der Waals surface area contributed by atoms with E-state index in [1.807, 2.05) is 24.3 Å². The number of nitro benzene ring substituents is 1. The predicted octanol–water partition coefficient (Wildman–Crippen LogP) is 6.20. The monoisotopic (exact) mass is 374 g/mol. The zero-order valence-corrected chi connectivity index (χ0v) is 15.6. The third-order valence-corrected chi connectivity index (χ3v) is 5.80. The molecule has 1 unspecified atom stereocenters. The van der Waals surface area contributed by atoms with E-state index in [1.54, 1.807) is 23.9 Å². The van der Waals surface area contributed by atoms with Crippen LogP contribution in [0.25, 0.3) is 5.70 Å². The average Bonchev–Trinajstić information content (AvgIpc) is 2.88. The molecule has 1 N–H and O–H groups in total. The molecule has 134 valence electrons. The molecule has 1 heterocycles. The molecule has 0 radical (unpaired) electrons. The number of hydrogen-bond acceptors (Lipinski definition) is 4. The quantitative estimate of drug-likeness (QED) is 0.438. The Kier molecular flexibility index (Phi) is 4.69. The van der Waals surface area contributed by atoms with Crippen molar-refractivity contribution in [3.8, 4) is 0 Å². The van der Waals surface area contributed by atoms with Crippen molar-refractivity contribution in [1.29, 1.82) is 0 Å². The molecule has 1 aliphatic rings. The summed E-state index contributed by atoms with van der Waals surface area (Å²) >= 11 is 1.74. The first kappa shape index (κ1) is 17.4. The maximum absolute atomic E-state index is 11.0. The van der Waals surface area contributed by atoms with Crippen LogP contribution in [0.5, 0.6) is 0 Å². The van der Waals surface area contributed by atoms with Crippen LogP contribution in [-0.4, -0.2) is 4.92 Å². The molecule has 27 heavy (non-hydrogen) atoms. The van der Waals surface area contributed by atoms with Gasteiger partial charge in [0.1, 0.15) is 0 Å². The number of aryl methyl sites for hydroxylation is 1. The van der Waals surface area contributed by atoms with Crippen molar-refractivity contribution in [2.75, 3.05) is 5.32 Å². The van der Waals surface area contributed by atoms with E-state index >= 15 is 0 Å². The Morgan fingerprint density at radius 1 is 0.963 bits per heavy atom. The number of anilines is 1. The lowest BCUT2D eigenvalue weighted by molar-refractivity contribution is -0.384. The molecule has 3 aromatic rings. The summed E-state index contributed by atoms with van der Waals surface area (Å²) in [7, 11) is 0. The van der Waals surface area contributed by atoms with E-state index < -0.39 is 0 Å². The van der Waals surface area contributed by atoms with E-state index in [9.17, 15) is 10.1 Å². The first-order valence-corrected chi connectivity index (χ1v) is 9.54. The van der Waals surface area contributed by atoms with Gasteiger partial charge in [0, 0.05) is 22.7 Å². The van der Waals surface area contributed by atoms with E-state index in [0.717, 1.165) is 27.4 Å². The van der Waals surface area contributed by atoms with Gasteiger partial charge in [0.15, 0.2) is 0 Å². The third-order valence-electron chi connectivity index (χ3n) is 4.52. The second-order valence-electron chi connectivity index (χ2n) is 6.45. The average molecular weight is 374 g/mol. The van der Waals surface area contributed by atoms with Crippen molar-refractivity contribution in [3.05, 3.63) is 106 Å². The molecule has 3 aromatic carbocycles. The number of para-hydroxylation sites is 1. The summed E-state index contributed by atoms with van der Waals surface area (Å²) in [6, 6.07) is 23.5. The number of nitro groups is 1. The third kappa shape index (κ3) is 3.73. The number of nitrogens with zero attached hydrogens (tertiary/aromatic N) is 1. The Morgan fingerprint density at radius 2 is 1.67 bits per heavy atom. The Hall–Kier alpha value is -3.05. The van der Waals surface area contributed by atoms with Gasteiger partial charge in [-0.05, 0) is 36.3 Å². The number of hydrogen-bond donors (Lipinski definition) is 1. The molecule has 0 aromatic heterocycles. The summed E-state index contributed by atoms with van der Waals surface area (Å²) in [5.74, 6) is 0. The van der Waals surface area contributed by atoms with E-state index in [1.165, 1.54) is 5.56 Å². The van der Waals surface area contributed by atoms with Crippen LogP contribution in [0.1, 0.15) is 21.9 Å². The molecule has 0 aliphatic carbocycles. The Bertz CT molecular complexity index is 1010. The van der Waals surface area contributed by atoms with E-state index in [4.69, 9.17) is 0 Å². The van der Waals surface area contributed by atoms with Gasteiger partial charge in [-0.2, -0.15) is 0 Å². The highest BCUT2D eigenvalue weighted by Crippen LogP contribution is 2.44. The van der Waals surface area contributed by atoms with Crippen molar-refractivity contribution < 1.29 is 4.92 Å². The lowest BCUT2D eigenvalue weighted by atomic mass is 10.1. The maximum atomic E-state index is 11.0. The lowest BCUT2D eigenvalue weighted by Gasteiger charge is -2.12. The van der Waals surface area contributed by atoms with Crippen LogP contribution in [0, 0.1) is 17.0 Å². The highest BCUT2D eigenvalue weighted by atomic mass is 32.2. The summed E-state index contributed by atoms with van der Waals surface area (Å²) < 4.78 is 0. The van der Waals surface area contributed by atoms with Gasteiger partial charge in [-0.3, -0.25) is 10.1 Å². The summed E-state index contributed by atoms with van der Waals surface area (Å²) in [5, 5.41) is 14.6. The van der Waals surface area contributed by atoms with Gasteiger partial charge in [0.2, 0.25) is 0 Å². The van der Waals surface area contributed by atoms with Crippen LogP contribution >= 0.6 is 11.8 Å². The number of thioether (sulfide) groups is 1. The first-order valence-electron chi connectivity index (χ1n) is 8.66.